The third kappa shape index (κ3) is 3.62. The molecule has 10 heteroatoms. The van der Waals surface area contributed by atoms with Crippen molar-refractivity contribution in [3.63, 3.8) is 0 Å². The quantitative estimate of drug-likeness (QED) is 0.592. The zero-order chi connectivity index (χ0) is 22.2. The van der Waals surface area contributed by atoms with Crippen molar-refractivity contribution in [2.45, 2.75) is 44.3 Å². The Morgan fingerprint density at radius 2 is 1.84 bits per heavy atom. The van der Waals surface area contributed by atoms with Crippen molar-refractivity contribution < 1.29 is 19.2 Å². The summed E-state index contributed by atoms with van der Waals surface area (Å²) < 4.78 is 0. The maximum atomic E-state index is 12.9. The van der Waals surface area contributed by atoms with Gasteiger partial charge in [0.25, 0.3) is 11.8 Å². The molecule has 5 rings (SSSR count). The van der Waals surface area contributed by atoms with Gasteiger partial charge in [-0.15, -0.1) is 5.10 Å². The zero-order valence-corrected chi connectivity index (χ0v) is 17.3. The topological polar surface area (TPSA) is 133 Å². The van der Waals surface area contributed by atoms with E-state index in [-0.39, 0.29) is 30.0 Å². The van der Waals surface area contributed by atoms with Gasteiger partial charge in [0, 0.05) is 13.0 Å². The molecule has 10 nitrogen and oxygen atoms in total. The van der Waals surface area contributed by atoms with E-state index < -0.39 is 29.7 Å². The number of hydrogen-bond donors (Lipinski definition) is 3. The SMILES string of the molecule is O=C1CCC(N2C(=O)c3ccc(CNc4ccc(C5CCCN5)nn4)cc3C2=O)C(=O)N1. The van der Waals surface area contributed by atoms with Crippen molar-refractivity contribution in [3.8, 4) is 0 Å². The number of imide groups is 2. The first-order chi connectivity index (χ1) is 15.5. The second-order valence-corrected chi connectivity index (χ2v) is 8.17. The highest BCUT2D eigenvalue weighted by atomic mass is 16.2. The number of fused-ring (bicyclic) bond motifs is 1. The summed E-state index contributed by atoms with van der Waals surface area (Å²) >= 11 is 0. The van der Waals surface area contributed by atoms with Gasteiger partial charge in [-0.05, 0) is 55.6 Å². The van der Waals surface area contributed by atoms with E-state index in [9.17, 15) is 19.2 Å². The van der Waals surface area contributed by atoms with Gasteiger partial charge < -0.3 is 10.6 Å². The fourth-order valence-corrected chi connectivity index (χ4v) is 4.38. The minimum absolute atomic E-state index is 0.0929. The van der Waals surface area contributed by atoms with Crippen molar-refractivity contribution in [3.05, 3.63) is 52.7 Å². The van der Waals surface area contributed by atoms with Gasteiger partial charge in [0.2, 0.25) is 11.8 Å². The van der Waals surface area contributed by atoms with E-state index in [0.717, 1.165) is 35.5 Å². The van der Waals surface area contributed by atoms with Crippen LogP contribution in [0.5, 0.6) is 0 Å². The number of benzene rings is 1. The lowest BCUT2D eigenvalue weighted by molar-refractivity contribution is -0.136. The molecule has 2 aromatic rings. The monoisotopic (exact) mass is 434 g/mol. The van der Waals surface area contributed by atoms with Crippen LogP contribution in [0.25, 0.3) is 0 Å². The molecule has 2 unspecified atom stereocenters. The van der Waals surface area contributed by atoms with Crippen molar-refractivity contribution >= 4 is 29.4 Å². The molecular weight excluding hydrogens is 412 g/mol. The van der Waals surface area contributed by atoms with Crippen LogP contribution in [0.1, 0.15) is 63.7 Å². The number of carbonyl (C=O) groups is 4. The van der Waals surface area contributed by atoms with Gasteiger partial charge >= 0.3 is 0 Å². The Hall–Kier alpha value is -3.66. The van der Waals surface area contributed by atoms with E-state index in [1.807, 2.05) is 12.1 Å². The molecule has 2 saturated heterocycles. The lowest BCUT2D eigenvalue weighted by atomic mass is 10.0. The van der Waals surface area contributed by atoms with Crippen LogP contribution < -0.4 is 16.0 Å². The van der Waals surface area contributed by atoms with Gasteiger partial charge in [-0.1, -0.05) is 6.07 Å². The predicted octanol–water partition coefficient (Wildman–Crippen LogP) is 0.914. The number of hydrogen-bond acceptors (Lipinski definition) is 8. The van der Waals surface area contributed by atoms with Gasteiger partial charge in [0.05, 0.1) is 22.9 Å². The Morgan fingerprint density at radius 3 is 2.56 bits per heavy atom. The highest BCUT2D eigenvalue weighted by Crippen LogP contribution is 2.28. The van der Waals surface area contributed by atoms with E-state index in [0.29, 0.717) is 12.4 Å². The summed E-state index contributed by atoms with van der Waals surface area (Å²) in [6.07, 6.45) is 2.41. The molecule has 4 amide bonds. The van der Waals surface area contributed by atoms with Crippen LogP contribution in [0.4, 0.5) is 5.82 Å². The fraction of sp³-hybridized carbons (Fsp3) is 0.364. The van der Waals surface area contributed by atoms with E-state index >= 15 is 0 Å². The van der Waals surface area contributed by atoms with Crippen LogP contribution in [0.2, 0.25) is 0 Å². The molecule has 3 aliphatic heterocycles. The molecule has 3 aliphatic rings. The Kier molecular flexibility index (Phi) is 5.14. The number of carbonyl (C=O) groups excluding carboxylic acids is 4. The summed E-state index contributed by atoms with van der Waals surface area (Å²) in [4.78, 5) is 50.2. The first-order valence-corrected chi connectivity index (χ1v) is 10.7. The minimum atomic E-state index is -0.968. The fourth-order valence-electron chi connectivity index (χ4n) is 4.38. The molecule has 1 aromatic heterocycles. The molecular formula is C22H22N6O4. The smallest absolute Gasteiger partial charge is 0.262 e. The number of amides is 4. The first-order valence-electron chi connectivity index (χ1n) is 10.7. The lowest BCUT2D eigenvalue weighted by Gasteiger charge is -2.27. The molecule has 4 heterocycles. The normalized spacial score (nSPS) is 22.8. The summed E-state index contributed by atoms with van der Waals surface area (Å²) in [5.74, 6) is -1.44. The molecule has 0 bridgehead atoms. The van der Waals surface area contributed by atoms with Crippen LogP contribution in [-0.4, -0.2) is 51.3 Å². The molecule has 2 atom stereocenters. The molecule has 0 spiro atoms. The average molecular weight is 434 g/mol. The highest BCUT2D eigenvalue weighted by Gasteiger charge is 2.44. The summed E-state index contributed by atoms with van der Waals surface area (Å²) in [5, 5.41) is 17.3. The van der Waals surface area contributed by atoms with Gasteiger partial charge in [0.1, 0.15) is 11.9 Å². The molecule has 0 saturated carbocycles. The maximum absolute atomic E-state index is 12.9. The summed E-state index contributed by atoms with van der Waals surface area (Å²) in [5.41, 5.74) is 2.23. The maximum Gasteiger partial charge on any atom is 0.262 e. The van der Waals surface area contributed by atoms with Crippen LogP contribution >= 0.6 is 0 Å². The van der Waals surface area contributed by atoms with E-state index in [2.05, 4.69) is 26.1 Å². The van der Waals surface area contributed by atoms with Crippen molar-refractivity contribution in [1.29, 1.82) is 0 Å². The van der Waals surface area contributed by atoms with Crippen LogP contribution in [-0.2, 0) is 16.1 Å². The number of anilines is 1. The summed E-state index contributed by atoms with van der Waals surface area (Å²) in [6.45, 7) is 1.38. The molecule has 0 radical (unpaired) electrons. The number of nitrogens with zero attached hydrogens (tertiary/aromatic N) is 3. The Bertz CT molecular complexity index is 1110. The van der Waals surface area contributed by atoms with Gasteiger partial charge in [-0.3, -0.25) is 29.4 Å². The highest BCUT2D eigenvalue weighted by molar-refractivity contribution is 6.23. The van der Waals surface area contributed by atoms with Crippen molar-refractivity contribution in [1.82, 2.24) is 25.7 Å². The second kappa shape index (κ2) is 8.12. The first kappa shape index (κ1) is 20.3. The molecule has 2 fully saturated rings. The summed E-state index contributed by atoms with van der Waals surface area (Å²) in [6, 6.07) is 8.11. The third-order valence-electron chi connectivity index (χ3n) is 6.08. The molecule has 3 N–H and O–H groups in total. The summed E-state index contributed by atoms with van der Waals surface area (Å²) in [7, 11) is 0. The number of piperidine rings is 1. The van der Waals surface area contributed by atoms with Crippen LogP contribution in [0, 0.1) is 0 Å². The Labute approximate surface area is 183 Å². The van der Waals surface area contributed by atoms with Crippen LogP contribution in [0.15, 0.2) is 30.3 Å². The molecule has 32 heavy (non-hydrogen) atoms. The average Bonchev–Trinajstić information content (AvgIpc) is 3.41. The van der Waals surface area contributed by atoms with Gasteiger partial charge in [-0.25, -0.2) is 0 Å². The number of nitrogens with one attached hydrogen (secondary N) is 3. The Morgan fingerprint density at radius 1 is 1.00 bits per heavy atom. The molecule has 0 aliphatic carbocycles. The number of rotatable bonds is 5. The van der Waals surface area contributed by atoms with E-state index in [4.69, 9.17) is 0 Å². The third-order valence-corrected chi connectivity index (χ3v) is 6.08. The minimum Gasteiger partial charge on any atom is -0.365 e. The molecule has 164 valence electrons. The standard InChI is InChI=1S/C22H22N6O4/c29-19-8-6-17(20(30)25-19)28-21(31)13-4-3-12(10-14(13)22(28)32)11-24-18-7-5-16(26-27-18)15-2-1-9-23-15/h3-5,7,10,15,17,23H,1-2,6,8-9,11H2,(H,24,27)(H,25,29,30). The van der Waals surface area contributed by atoms with Crippen molar-refractivity contribution in [2.24, 2.45) is 0 Å². The van der Waals surface area contributed by atoms with Crippen molar-refractivity contribution in [2.75, 3.05) is 11.9 Å². The number of aromatic nitrogens is 2. The second-order valence-electron chi connectivity index (χ2n) is 8.17. The predicted molar refractivity (Wildman–Crippen MR) is 112 cm³/mol. The lowest BCUT2D eigenvalue weighted by Crippen LogP contribution is -2.54. The zero-order valence-electron chi connectivity index (χ0n) is 17.3. The van der Waals surface area contributed by atoms with Gasteiger partial charge in [0.15, 0.2) is 0 Å². The van der Waals surface area contributed by atoms with E-state index in [1.54, 1.807) is 18.2 Å². The Balaban J connectivity index is 1.27. The van der Waals surface area contributed by atoms with Gasteiger partial charge in [-0.2, -0.15) is 5.10 Å². The van der Waals surface area contributed by atoms with E-state index in [1.165, 1.54) is 0 Å². The molecule has 1 aromatic carbocycles. The largest absolute Gasteiger partial charge is 0.365 e. The van der Waals surface area contributed by atoms with Crippen LogP contribution in [0.3, 0.4) is 0 Å².